The summed E-state index contributed by atoms with van der Waals surface area (Å²) in [7, 11) is 0. The Kier molecular flexibility index (Phi) is 3.00. The van der Waals surface area contributed by atoms with E-state index >= 15 is 0 Å². The molecule has 0 aromatic rings. The largest absolute Gasteiger partial charge is 0.343 e. The SMILES string of the molecule is C#CCNC(=O)C1CSC(=O)N1. The Hall–Kier alpha value is -1.15. The summed E-state index contributed by atoms with van der Waals surface area (Å²) < 4.78 is 0. The molecular weight excluding hydrogens is 176 g/mol. The van der Waals surface area contributed by atoms with Crippen LogP contribution in [0, 0.1) is 12.3 Å². The van der Waals surface area contributed by atoms with Crippen molar-refractivity contribution in [3.63, 3.8) is 0 Å². The van der Waals surface area contributed by atoms with Gasteiger partial charge in [0, 0.05) is 5.75 Å². The van der Waals surface area contributed by atoms with Crippen LogP contribution in [0.25, 0.3) is 0 Å². The van der Waals surface area contributed by atoms with Crippen LogP contribution in [0.1, 0.15) is 0 Å². The van der Waals surface area contributed by atoms with Gasteiger partial charge in [-0.05, 0) is 0 Å². The number of amides is 2. The van der Waals surface area contributed by atoms with E-state index in [1.807, 2.05) is 0 Å². The average Bonchev–Trinajstić information content (AvgIpc) is 2.47. The summed E-state index contributed by atoms with van der Waals surface area (Å²) in [6.07, 6.45) is 4.95. The highest BCUT2D eigenvalue weighted by atomic mass is 32.2. The first-order valence-corrected chi connectivity index (χ1v) is 4.37. The number of thioether (sulfide) groups is 1. The van der Waals surface area contributed by atoms with E-state index < -0.39 is 6.04 Å². The van der Waals surface area contributed by atoms with Crippen molar-refractivity contribution in [2.45, 2.75) is 6.04 Å². The lowest BCUT2D eigenvalue weighted by atomic mass is 10.3. The number of hydrogen-bond donors (Lipinski definition) is 2. The van der Waals surface area contributed by atoms with Crippen LogP contribution in [-0.4, -0.2) is 29.5 Å². The fourth-order valence-electron chi connectivity index (χ4n) is 0.787. The molecule has 64 valence electrons. The van der Waals surface area contributed by atoms with Crippen LogP contribution >= 0.6 is 11.8 Å². The molecule has 2 amide bonds. The van der Waals surface area contributed by atoms with Crippen LogP contribution in [0.15, 0.2) is 0 Å². The number of terminal acetylenes is 1. The van der Waals surface area contributed by atoms with Crippen molar-refractivity contribution in [2.24, 2.45) is 0 Å². The summed E-state index contributed by atoms with van der Waals surface area (Å²) in [5, 5.41) is 4.84. The van der Waals surface area contributed by atoms with Crippen LogP contribution in [0.2, 0.25) is 0 Å². The van der Waals surface area contributed by atoms with Crippen LogP contribution in [0.4, 0.5) is 4.79 Å². The number of carbonyl (C=O) groups is 2. The molecule has 1 aliphatic rings. The lowest BCUT2D eigenvalue weighted by molar-refractivity contribution is -0.122. The van der Waals surface area contributed by atoms with Gasteiger partial charge in [0.2, 0.25) is 5.91 Å². The highest BCUT2D eigenvalue weighted by Crippen LogP contribution is 2.12. The van der Waals surface area contributed by atoms with Crippen LogP contribution < -0.4 is 10.6 Å². The second-order valence-corrected chi connectivity index (χ2v) is 3.21. The second kappa shape index (κ2) is 4.02. The maximum absolute atomic E-state index is 11.1. The molecule has 4 nitrogen and oxygen atoms in total. The van der Waals surface area contributed by atoms with Gasteiger partial charge >= 0.3 is 0 Å². The van der Waals surface area contributed by atoms with Crippen LogP contribution in [0.3, 0.4) is 0 Å². The Bertz CT molecular complexity index is 246. The standard InChI is InChI=1S/C7H8N2O2S/c1-2-3-8-6(10)5-4-12-7(11)9-5/h1,5H,3-4H2,(H,8,10)(H,9,11). The molecule has 0 aliphatic carbocycles. The Balaban J connectivity index is 2.34. The van der Waals surface area contributed by atoms with Gasteiger partial charge in [-0.15, -0.1) is 6.42 Å². The third-order valence-corrected chi connectivity index (χ3v) is 2.23. The van der Waals surface area contributed by atoms with Crippen molar-refractivity contribution < 1.29 is 9.59 Å². The highest BCUT2D eigenvalue weighted by Gasteiger charge is 2.27. The van der Waals surface area contributed by atoms with Gasteiger partial charge < -0.3 is 10.6 Å². The smallest absolute Gasteiger partial charge is 0.279 e. The molecular formula is C7H8N2O2S. The van der Waals surface area contributed by atoms with Gasteiger partial charge in [-0.1, -0.05) is 17.7 Å². The van der Waals surface area contributed by atoms with Crippen molar-refractivity contribution in [3.05, 3.63) is 0 Å². The summed E-state index contributed by atoms with van der Waals surface area (Å²) in [6, 6.07) is -0.421. The van der Waals surface area contributed by atoms with E-state index in [1.54, 1.807) is 0 Å². The molecule has 1 rings (SSSR count). The highest BCUT2D eigenvalue weighted by molar-refractivity contribution is 8.14. The molecule has 1 heterocycles. The zero-order chi connectivity index (χ0) is 8.97. The molecule has 0 radical (unpaired) electrons. The van der Waals surface area contributed by atoms with Gasteiger partial charge in [0.1, 0.15) is 6.04 Å². The Morgan fingerprint density at radius 3 is 3.17 bits per heavy atom. The van der Waals surface area contributed by atoms with Gasteiger partial charge in [-0.25, -0.2) is 0 Å². The van der Waals surface area contributed by atoms with Crippen molar-refractivity contribution in [2.75, 3.05) is 12.3 Å². The molecule has 0 saturated carbocycles. The van der Waals surface area contributed by atoms with Crippen molar-refractivity contribution >= 4 is 22.9 Å². The first kappa shape index (κ1) is 8.94. The summed E-state index contributed by atoms with van der Waals surface area (Å²) >= 11 is 1.10. The van der Waals surface area contributed by atoms with E-state index in [0.29, 0.717) is 5.75 Å². The Morgan fingerprint density at radius 2 is 2.67 bits per heavy atom. The van der Waals surface area contributed by atoms with Crippen LogP contribution in [0.5, 0.6) is 0 Å². The predicted octanol–water partition coefficient (Wildman–Crippen LogP) is -0.439. The molecule has 0 spiro atoms. The third kappa shape index (κ3) is 2.17. The monoisotopic (exact) mass is 184 g/mol. The summed E-state index contributed by atoms with van der Waals surface area (Å²) in [6.45, 7) is 0.204. The van der Waals surface area contributed by atoms with E-state index in [1.165, 1.54) is 0 Å². The van der Waals surface area contributed by atoms with E-state index in [0.717, 1.165) is 11.8 Å². The summed E-state index contributed by atoms with van der Waals surface area (Å²) in [5.74, 6) is 2.55. The fraction of sp³-hybridized carbons (Fsp3) is 0.429. The van der Waals surface area contributed by atoms with Crippen molar-refractivity contribution in [1.29, 1.82) is 0 Å². The fourth-order valence-corrected chi connectivity index (χ4v) is 1.57. The Morgan fingerprint density at radius 1 is 1.92 bits per heavy atom. The number of carbonyl (C=O) groups excluding carboxylic acids is 2. The molecule has 1 aliphatic heterocycles. The van der Waals surface area contributed by atoms with Gasteiger partial charge in [0.05, 0.1) is 6.54 Å². The average molecular weight is 184 g/mol. The predicted molar refractivity (Wildman–Crippen MR) is 46.6 cm³/mol. The van der Waals surface area contributed by atoms with Gasteiger partial charge in [0.15, 0.2) is 0 Å². The summed E-state index contributed by atoms with van der Waals surface area (Å²) in [4.78, 5) is 21.8. The maximum atomic E-state index is 11.1. The third-order valence-electron chi connectivity index (χ3n) is 1.35. The topological polar surface area (TPSA) is 58.2 Å². The number of hydrogen-bond acceptors (Lipinski definition) is 3. The van der Waals surface area contributed by atoms with Gasteiger partial charge in [-0.3, -0.25) is 9.59 Å². The van der Waals surface area contributed by atoms with E-state index in [2.05, 4.69) is 16.6 Å². The molecule has 1 atom stereocenters. The molecule has 1 fully saturated rings. The van der Waals surface area contributed by atoms with Gasteiger partial charge in [-0.2, -0.15) is 0 Å². The molecule has 1 saturated heterocycles. The zero-order valence-electron chi connectivity index (χ0n) is 6.29. The van der Waals surface area contributed by atoms with E-state index in [-0.39, 0.29) is 17.7 Å². The molecule has 0 bridgehead atoms. The first-order chi connectivity index (χ1) is 5.74. The normalized spacial score (nSPS) is 21.2. The second-order valence-electron chi connectivity index (χ2n) is 2.22. The number of rotatable bonds is 2. The van der Waals surface area contributed by atoms with E-state index in [9.17, 15) is 9.59 Å². The minimum atomic E-state index is -0.421. The molecule has 1 unspecified atom stereocenters. The maximum Gasteiger partial charge on any atom is 0.279 e. The first-order valence-electron chi connectivity index (χ1n) is 3.38. The molecule has 0 aromatic carbocycles. The Labute approximate surface area is 74.5 Å². The van der Waals surface area contributed by atoms with Crippen LogP contribution in [-0.2, 0) is 4.79 Å². The number of nitrogens with one attached hydrogen (secondary N) is 2. The van der Waals surface area contributed by atoms with Crippen molar-refractivity contribution in [3.8, 4) is 12.3 Å². The van der Waals surface area contributed by atoms with E-state index in [4.69, 9.17) is 6.42 Å². The molecule has 12 heavy (non-hydrogen) atoms. The molecule has 5 heteroatoms. The molecule has 0 aromatic heterocycles. The lowest BCUT2D eigenvalue weighted by Crippen LogP contribution is -2.42. The molecule has 2 N–H and O–H groups in total. The quantitative estimate of drug-likeness (QED) is 0.572. The minimum absolute atomic E-state index is 0.157. The van der Waals surface area contributed by atoms with Gasteiger partial charge in [0.25, 0.3) is 5.24 Å². The zero-order valence-corrected chi connectivity index (χ0v) is 7.11. The summed E-state index contributed by atoms with van der Waals surface area (Å²) in [5.41, 5.74) is 0. The van der Waals surface area contributed by atoms with Crippen molar-refractivity contribution in [1.82, 2.24) is 10.6 Å². The minimum Gasteiger partial charge on any atom is -0.343 e. The lowest BCUT2D eigenvalue weighted by Gasteiger charge is -2.06.